The van der Waals surface area contributed by atoms with Gasteiger partial charge in [-0.3, -0.25) is 0 Å². The van der Waals surface area contributed by atoms with Gasteiger partial charge in [0.25, 0.3) is 0 Å². The van der Waals surface area contributed by atoms with Crippen LogP contribution in [-0.2, 0) is 0 Å². The van der Waals surface area contributed by atoms with Gasteiger partial charge in [-0.1, -0.05) is 29.8 Å². The molecule has 2 rings (SSSR count). The second-order valence-corrected chi connectivity index (χ2v) is 4.92. The molecule has 0 radical (unpaired) electrons. The minimum atomic E-state index is -0.126. The van der Waals surface area contributed by atoms with Crippen molar-refractivity contribution in [1.82, 2.24) is 0 Å². The molecule has 0 saturated carbocycles. The molecular weight excluding hydrogens is 274 g/mol. The van der Waals surface area contributed by atoms with Gasteiger partial charge in [0.15, 0.2) is 0 Å². The highest BCUT2D eigenvalue weighted by Gasteiger charge is 2.08. The zero-order valence-corrected chi connectivity index (χ0v) is 12.1. The molecule has 0 aliphatic carbocycles. The SMILES string of the molecule is CC(N)c1cc(Cl)ccc1OCCOc1ccccc1. The quantitative estimate of drug-likeness (QED) is 0.823. The van der Waals surface area contributed by atoms with E-state index in [0.29, 0.717) is 18.2 Å². The number of ether oxygens (including phenoxy) is 2. The third kappa shape index (κ3) is 4.15. The van der Waals surface area contributed by atoms with E-state index in [9.17, 15) is 0 Å². The molecule has 1 atom stereocenters. The van der Waals surface area contributed by atoms with Gasteiger partial charge in [-0.05, 0) is 37.3 Å². The predicted octanol–water partition coefficient (Wildman–Crippen LogP) is 3.82. The molecule has 106 valence electrons. The van der Waals surface area contributed by atoms with Crippen molar-refractivity contribution in [1.29, 1.82) is 0 Å². The summed E-state index contributed by atoms with van der Waals surface area (Å²) in [7, 11) is 0. The summed E-state index contributed by atoms with van der Waals surface area (Å²) in [6, 6.07) is 15.0. The summed E-state index contributed by atoms with van der Waals surface area (Å²) < 4.78 is 11.3. The topological polar surface area (TPSA) is 44.5 Å². The highest BCUT2D eigenvalue weighted by atomic mass is 35.5. The van der Waals surface area contributed by atoms with E-state index in [1.54, 1.807) is 6.07 Å². The molecule has 0 aliphatic heterocycles. The minimum Gasteiger partial charge on any atom is -0.490 e. The van der Waals surface area contributed by atoms with Gasteiger partial charge in [-0.25, -0.2) is 0 Å². The molecule has 0 bridgehead atoms. The number of hydrogen-bond donors (Lipinski definition) is 1. The van der Waals surface area contributed by atoms with Crippen LogP contribution < -0.4 is 15.2 Å². The van der Waals surface area contributed by atoms with E-state index < -0.39 is 0 Å². The molecular formula is C16H18ClNO2. The van der Waals surface area contributed by atoms with Crippen molar-refractivity contribution in [2.75, 3.05) is 13.2 Å². The van der Waals surface area contributed by atoms with Crippen LogP contribution in [0.15, 0.2) is 48.5 Å². The fraction of sp³-hybridized carbons (Fsp3) is 0.250. The smallest absolute Gasteiger partial charge is 0.124 e. The Morgan fingerprint density at radius 1 is 1.05 bits per heavy atom. The Morgan fingerprint density at radius 3 is 2.45 bits per heavy atom. The van der Waals surface area contributed by atoms with Crippen LogP contribution in [0.4, 0.5) is 0 Å². The van der Waals surface area contributed by atoms with E-state index in [2.05, 4.69) is 0 Å². The van der Waals surface area contributed by atoms with Gasteiger partial charge in [-0.15, -0.1) is 0 Å². The van der Waals surface area contributed by atoms with Crippen LogP contribution in [0.5, 0.6) is 11.5 Å². The van der Waals surface area contributed by atoms with Crippen molar-refractivity contribution in [3.8, 4) is 11.5 Å². The van der Waals surface area contributed by atoms with Crippen LogP contribution in [0, 0.1) is 0 Å². The van der Waals surface area contributed by atoms with Crippen molar-refractivity contribution >= 4 is 11.6 Å². The largest absolute Gasteiger partial charge is 0.490 e. The zero-order valence-electron chi connectivity index (χ0n) is 11.4. The molecule has 0 aliphatic rings. The van der Waals surface area contributed by atoms with Crippen LogP contribution >= 0.6 is 11.6 Å². The first-order valence-corrected chi connectivity index (χ1v) is 6.90. The van der Waals surface area contributed by atoms with E-state index in [1.807, 2.05) is 49.4 Å². The Kier molecular flexibility index (Phi) is 5.27. The van der Waals surface area contributed by atoms with Gasteiger partial charge in [0, 0.05) is 16.6 Å². The van der Waals surface area contributed by atoms with Gasteiger partial charge in [0.1, 0.15) is 24.7 Å². The number of benzene rings is 2. The molecule has 0 heterocycles. The van der Waals surface area contributed by atoms with Gasteiger partial charge < -0.3 is 15.2 Å². The lowest BCUT2D eigenvalue weighted by molar-refractivity contribution is 0.215. The lowest BCUT2D eigenvalue weighted by Crippen LogP contribution is -2.12. The fourth-order valence-corrected chi connectivity index (χ4v) is 2.02. The minimum absolute atomic E-state index is 0.126. The number of halogens is 1. The van der Waals surface area contributed by atoms with Gasteiger partial charge >= 0.3 is 0 Å². The van der Waals surface area contributed by atoms with Gasteiger partial charge in [-0.2, -0.15) is 0 Å². The molecule has 2 N–H and O–H groups in total. The summed E-state index contributed by atoms with van der Waals surface area (Å²) in [5, 5.41) is 0.658. The molecule has 3 nitrogen and oxygen atoms in total. The lowest BCUT2D eigenvalue weighted by Gasteiger charge is -2.14. The third-order valence-corrected chi connectivity index (χ3v) is 3.05. The number of hydrogen-bond acceptors (Lipinski definition) is 3. The van der Waals surface area contributed by atoms with Crippen molar-refractivity contribution in [3.63, 3.8) is 0 Å². The standard InChI is InChI=1S/C16H18ClNO2/c1-12(18)15-11-13(17)7-8-16(15)20-10-9-19-14-5-3-2-4-6-14/h2-8,11-12H,9-10,18H2,1H3. The van der Waals surface area contributed by atoms with Crippen molar-refractivity contribution in [2.24, 2.45) is 5.73 Å². The molecule has 2 aromatic rings. The van der Waals surface area contributed by atoms with E-state index in [1.165, 1.54) is 0 Å². The summed E-state index contributed by atoms with van der Waals surface area (Å²) in [5.74, 6) is 1.58. The predicted molar refractivity (Wildman–Crippen MR) is 81.5 cm³/mol. The monoisotopic (exact) mass is 291 g/mol. The van der Waals surface area contributed by atoms with Gasteiger partial charge in [0.05, 0.1) is 0 Å². The summed E-state index contributed by atoms with van der Waals surface area (Å²) in [4.78, 5) is 0. The molecule has 0 spiro atoms. The van der Waals surface area contributed by atoms with E-state index in [4.69, 9.17) is 26.8 Å². The average Bonchev–Trinajstić information content (AvgIpc) is 2.45. The first kappa shape index (κ1) is 14.7. The van der Waals surface area contributed by atoms with Crippen LogP contribution in [0.25, 0.3) is 0 Å². The number of rotatable bonds is 6. The van der Waals surface area contributed by atoms with Crippen molar-refractivity contribution in [3.05, 3.63) is 59.1 Å². The molecule has 20 heavy (non-hydrogen) atoms. The molecule has 0 aromatic heterocycles. The molecule has 2 aromatic carbocycles. The highest BCUT2D eigenvalue weighted by molar-refractivity contribution is 6.30. The summed E-state index contributed by atoms with van der Waals surface area (Å²) in [6.07, 6.45) is 0. The first-order valence-electron chi connectivity index (χ1n) is 6.52. The maximum absolute atomic E-state index is 5.97. The Morgan fingerprint density at radius 2 is 1.75 bits per heavy atom. The van der Waals surface area contributed by atoms with Crippen LogP contribution in [-0.4, -0.2) is 13.2 Å². The molecule has 0 saturated heterocycles. The maximum Gasteiger partial charge on any atom is 0.124 e. The number of para-hydroxylation sites is 1. The number of nitrogens with two attached hydrogens (primary N) is 1. The molecule has 1 unspecified atom stereocenters. The normalized spacial score (nSPS) is 11.9. The molecule has 0 amide bonds. The second-order valence-electron chi connectivity index (χ2n) is 4.48. The fourth-order valence-electron chi connectivity index (χ4n) is 1.83. The molecule has 4 heteroatoms. The zero-order chi connectivity index (χ0) is 14.4. The lowest BCUT2D eigenvalue weighted by atomic mass is 10.1. The Hall–Kier alpha value is -1.71. The Balaban J connectivity index is 1.88. The van der Waals surface area contributed by atoms with Crippen LogP contribution in [0.1, 0.15) is 18.5 Å². The highest BCUT2D eigenvalue weighted by Crippen LogP contribution is 2.27. The summed E-state index contributed by atoms with van der Waals surface area (Å²) >= 11 is 5.97. The van der Waals surface area contributed by atoms with Crippen LogP contribution in [0.3, 0.4) is 0 Å². The second kappa shape index (κ2) is 7.17. The van der Waals surface area contributed by atoms with Gasteiger partial charge in [0.2, 0.25) is 0 Å². The Bertz CT molecular complexity index is 543. The maximum atomic E-state index is 5.97. The van der Waals surface area contributed by atoms with E-state index in [-0.39, 0.29) is 6.04 Å². The average molecular weight is 292 g/mol. The van der Waals surface area contributed by atoms with E-state index in [0.717, 1.165) is 17.1 Å². The molecule has 0 fully saturated rings. The van der Waals surface area contributed by atoms with E-state index >= 15 is 0 Å². The summed E-state index contributed by atoms with van der Waals surface area (Å²) in [5.41, 5.74) is 6.81. The van der Waals surface area contributed by atoms with Crippen LogP contribution in [0.2, 0.25) is 5.02 Å². The first-order chi connectivity index (χ1) is 9.66. The van der Waals surface area contributed by atoms with Crippen molar-refractivity contribution < 1.29 is 9.47 Å². The third-order valence-electron chi connectivity index (χ3n) is 2.82. The Labute approximate surface area is 124 Å². The summed E-state index contributed by atoms with van der Waals surface area (Å²) in [6.45, 7) is 2.83. The van der Waals surface area contributed by atoms with Crippen molar-refractivity contribution in [2.45, 2.75) is 13.0 Å².